The molecule has 0 atom stereocenters. The summed E-state index contributed by atoms with van der Waals surface area (Å²) in [5.41, 5.74) is 7.54. The van der Waals surface area contributed by atoms with Gasteiger partial charge in [0.25, 0.3) is 0 Å². The molecule has 3 heterocycles. The first-order valence-electron chi connectivity index (χ1n) is 9.23. The highest BCUT2D eigenvalue weighted by Gasteiger charge is 2.24. The maximum absolute atomic E-state index is 12.0. The number of nitrogen functional groups attached to an aromatic ring is 1. The third-order valence-corrected chi connectivity index (χ3v) is 4.54. The van der Waals surface area contributed by atoms with Crippen LogP contribution in [0.25, 0.3) is 11.3 Å². The van der Waals surface area contributed by atoms with Crippen molar-refractivity contribution in [2.24, 2.45) is 13.0 Å². The third-order valence-electron chi connectivity index (χ3n) is 4.54. The van der Waals surface area contributed by atoms with Gasteiger partial charge in [0.2, 0.25) is 5.95 Å². The van der Waals surface area contributed by atoms with Crippen molar-refractivity contribution in [2.45, 2.75) is 32.7 Å². The summed E-state index contributed by atoms with van der Waals surface area (Å²) < 4.78 is 6.91. The Morgan fingerprint density at radius 3 is 2.78 bits per heavy atom. The number of ether oxygens (including phenoxy) is 1. The molecule has 1 saturated heterocycles. The summed E-state index contributed by atoms with van der Waals surface area (Å²) in [6.45, 7) is 5.82. The van der Waals surface area contributed by atoms with Crippen molar-refractivity contribution in [3.05, 3.63) is 18.5 Å². The molecule has 0 radical (unpaired) electrons. The topological polar surface area (TPSA) is 111 Å². The number of rotatable bonds is 5. The Hall–Kier alpha value is -2.84. The van der Waals surface area contributed by atoms with Crippen molar-refractivity contribution in [1.82, 2.24) is 24.6 Å². The molecule has 3 N–H and O–H groups in total. The van der Waals surface area contributed by atoms with E-state index < -0.39 is 0 Å². The molecule has 0 spiro atoms. The number of nitrogens with one attached hydrogen (secondary N) is 1. The van der Waals surface area contributed by atoms with Gasteiger partial charge < -0.3 is 20.7 Å². The van der Waals surface area contributed by atoms with E-state index in [2.05, 4.69) is 20.4 Å². The average molecular weight is 373 g/mol. The van der Waals surface area contributed by atoms with Gasteiger partial charge in [0.15, 0.2) is 0 Å². The maximum Gasteiger partial charge on any atom is 0.409 e. The van der Waals surface area contributed by atoms with Gasteiger partial charge in [0.1, 0.15) is 5.82 Å². The quantitative estimate of drug-likeness (QED) is 0.826. The predicted octanol–water partition coefficient (Wildman–Crippen LogP) is 2.13. The number of likely N-dealkylation sites (tertiary alicyclic amines) is 1. The van der Waals surface area contributed by atoms with Crippen LogP contribution in [-0.4, -0.2) is 56.5 Å². The lowest BCUT2D eigenvalue weighted by atomic mass is 10.1. The predicted molar refractivity (Wildman–Crippen MR) is 103 cm³/mol. The number of hydrogen-bond donors (Lipinski definition) is 2. The molecule has 2 aromatic heterocycles. The number of nitrogens with zero attached hydrogens (tertiary/aromatic N) is 5. The smallest absolute Gasteiger partial charge is 0.409 e. The number of aryl methyl sites for hydroxylation is 1. The molecule has 0 saturated carbocycles. The molecule has 146 valence electrons. The first-order valence-corrected chi connectivity index (χ1v) is 9.23. The van der Waals surface area contributed by atoms with Crippen LogP contribution in [-0.2, 0) is 11.8 Å². The summed E-state index contributed by atoms with van der Waals surface area (Å²) in [5.74, 6) is 1.45. The molecule has 0 unspecified atom stereocenters. The number of aromatic nitrogens is 4. The highest BCUT2D eigenvalue weighted by Crippen LogP contribution is 2.24. The van der Waals surface area contributed by atoms with Crippen molar-refractivity contribution < 1.29 is 9.53 Å². The fourth-order valence-electron chi connectivity index (χ4n) is 2.94. The fraction of sp³-hybridized carbons (Fsp3) is 0.556. The van der Waals surface area contributed by atoms with Gasteiger partial charge in [-0.15, -0.1) is 0 Å². The normalized spacial score (nSPS) is 15.2. The van der Waals surface area contributed by atoms with Crippen LogP contribution in [0.4, 0.5) is 16.6 Å². The van der Waals surface area contributed by atoms with Crippen LogP contribution in [0.2, 0.25) is 0 Å². The molecular weight excluding hydrogens is 346 g/mol. The number of anilines is 2. The van der Waals surface area contributed by atoms with Crippen LogP contribution in [0.3, 0.4) is 0 Å². The van der Waals surface area contributed by atoms with Crippen LogP contribution >= 0.6 is 0 Å². The molecule has 1 fully saturated rings. The van der Waals surface area contributed by atoms with E-state index in [1.54, 1.807) is 29.0 Å². The van der Waals surface area contributed by atoms with Crippen molar-refractivity contribution in [3.63, 3.8) is 0 Å². The highest BCUT2D eigenvalue weighted by molar-refractivity contribution is 5.71. The van der Waals surface area contributed by atoms with E-state index in [0.29, 0.717) is 37.4 Å². The molecular formula is C18H27N7O2. The van der Waals surface area contributed by atoms with E-state index in [4.69, 9.17) is 10.5 Å². The minimum atomic E-state index is -0.229. The van der Waals surface area contributed by atoms with Gasteiger partial charge in [-0.25, -0.2) is 14.8 Å². The number of amides is 1. The van der Waals surface area contributed by atoms with Gasteiger partial charge in [0, 0.05) is 32.4 Å². The van der Waals surface area contributed by atoms with E-state index in [1.165, 1.54) is 0 Å². The Morgan fingerprint density at radius 1 is 1.41 bits per heavy atom. The molecule has 1 aliphatic rings. The van der Waals surface area contributed by atoms with Crippen molar-refractivity contribution >= 4 is 17.9 Å². The number of carbonyl (C=O) groups is 1. The number of carbonyl (C=O) groups excluding carboxylic acids is 1. The lowest BCUT2D eigenvalue weighted by Gasteiger charge is -2.31. The first-order chi connectivity index (χ1) is 12.9. The lowest BCUT2D eigenvalue weighted by Crippen LogP contribution is -2.43. The van der Waals surface area contributed by atoms with Crippen LogP contribution < -0.4 is 11.1 Å². The average Bonchev–Trinajstić information content (AvgIpc) is 2.99. The molecule has 27 heavy (non-hydrogen) atoms. The fourth-order valence-corrected chi connectivity index (χ4v) is 2.94. The number of hydrogen-bond acceptors (Lipinski definition) is 7. The van der Waals surface area contributed by atoms with Gasteiger partial charge in [-0.2, -0.15) is 5.10 Å². The summed E-state index contributed by atoms with van der Waals surface area (Å²) >= 11 is 0. The minimum Gasteiger partial charge on any atom is -0.449 e. The Bertz CT molecular complexity index is 782. The zero-order valence-corrected chi connectivity index (χ0v) is 16.1. The molecule has 9 nitrogen and oxygen atoms in total. The molecule has 1 amide bonds. The van der Waals surface area contributed by atoms with Gasteiger partial charge in [-0.1, -0.05) is 13.8 Å². The van der Waals surface area contributed by atoms with Crippen LogP contribution in [0, 0.1) is 5.92 Å². The number of nitrogens with two attached hydrogens (primary N) is 1. The summed E-state index contributed by atoms with van der Waals surface area (Å²) in [7, 11) is 1.79. The molecule has 0 aromatic carbocycles. The molecule has 0 bridgehead atoms. The number of piperidine rings is 1. The Balaban J connectivity index is 1.56. The Morgan fingerprint density at radius 2 is 2.15 bits per heavy atom. The summed E-state index contributed by atoms with van der Waals surface area (Å²) in [5, 5.41) is 7.51. The van der Waals surface area contributed by atoms with Gasteiger partial charge in [-0.3, -0.25) is 4.68 Å². The lowest BCUT2D eigenvalue weighted by molar-refractivity contribution is 0.0845. The second kappa shape index (κ2) is 8.24. The van der Waals surface area contributed by atoms with E-state index in [9.17, 15) is 4.79 Å². The van der Waals surface area contributed by atoms with E-state index >= 15 is 0 Å². The minimum absolute atomic E-state index is 0.209. The van der Waals surface area contributed by atoms with Crippen LogP contribution in [0.5, 0.6) is 0 Å². The largest absolute Gasteiger partial charge is 0.449 e. The molecule has 1 aliphatic heterocycles. The summed E-state index contributed by atoms with van der Waals surface area (Å²) in [6.07, 6.45) is 4.81. The van der Waals surface area contributed by atoms with Crippen molar-refractivity contribution in [2.75, 3.05) is 30.7 Å². The van der Waals surface area contributed by atoms with Crippen LogP contribution in [0.1, 0.15) is 26.7 Å². The molecule has 2 aromatic rings. The van der Waals surface area contributed by atoms with E-state index in [0.717, 1.165) is 24.1 Å². The van der Waals surface area contributed by atoms with E-state index in [-0.39, 0.29) is 12.1 Å². The first kappa shape index (κ1) is 18.9. The van der Waals surface area contributed by atoms with Crippen molar-refractivity contribution in [3.8, 4) is 11.3 Å². The standard InChI is InChI=1S/C18H27N7O2/c1-12(2)11-27-18(26)25-8-5-13(6-9-25)22-17-20-7-4-15(23-17)14-10-21-24(3)16(14)19/h4,7,10,12-13H,5-6,8-9,11,19H2,1-3H3,(H,20,22,23). The van der Waals surface area contributed by atoms with Crippen molar-refractivity contribution in [1.29, 1.82) is 0 Å². The molecule has 0 aliphatic carbocycles. The SMILES string of the molecule is CC(C)COC(=O)N1CCC(Nc2nccc(-c3cnn(C)c3N)n2)CC1. The van der Waals surface area contributed by atoms with E-state index in [1.807, 2.05) is 19.9 Å². The van der Waals surface area contributed by atoms with Gasteiger partial charge >= 0.3 is 6.09 Å². The third kappa shape index (κ3) is 4.66. The molecule has 9 heteroatoms. The Labute approximate surface area is 158 Å². The highest BCUT2D eigenvalue weighted by atomic mass is 16.6. The monoisotopic (exact) mass is 373 g/mol. The van der Waals surface area contributed by atoms with Gasteiger partial charge in [-0.05, 0) is 24.8 Å². The Kier molecular flexibility index (Phi) is 5.78. The zero-order valence-electron chi connectivity index (χ0n) is 16.1. The second-order valence-electron chi connectivity index (χ2n) is 7.21. The second-order valence-corrected chi connectivity index (χ2v) is 7.21. The maximum atomic E-state index is 12.0. The van der Waals surface area contributed by atoms with Gasteiger partial charge in [0.05, 0.1) is 24.1 Å². The summed E-state index contributed by atoms with van der Waals surface area (Å²) in [6, 6.07) is 2.02. The van der Waals surface area contributed by atoms with Crippen LogP contribution in [0.15, 0.2) is 18.5 Å². The molecule has 3 rings (SSSR count). The zero-order chi connectivity index (χ0) is 19.4. The summed E-state index contributed by atoms with van der Waals surface area (Å²) in [4.78, 5) is 22.7.